The Bertz CT molecular complexity index is 940. The molecule has 4 nitrogen and oxygen atoms in total. The summed E-state index contributed by atoms with van der Waals surface area (Å²) >= 11 is 0. The SMILES string of the molecule is COc1cc2c(cc1OC)-c1cc3c(OC)cccc3c[n+]1CC2.[Cl-]. The molecule has 25 heavy (non-hydrogen) atoms. The molecule has 0 fully saturated rings. The first-order valence-corrected chi connectivity index (χ1v) is 8.00. The molecule has 1 aromatic heterocycles. The van der Waals surface area contributed by atoms with Gasteiger partial charge in [0.15, 0.2) is 24.2 Å². The number of nitrogens with zero attached hydrogens (tertiary/aromatic N) is 1. The van der Waals surface area contributed by atoms with Gasteiger partial charge in [-0.3, -0.25) is 0 Å². The standard InChI is InChI=1S/C20H20NO3.ClH/c1-22-18-6-4-5-14-12-21-8-7-13-9-19(23-2)20(24-3)11-15(13)17(21)10-16(14)18;/h4-6,9-12H,7-8H2,1-3H3;1H/q+1;/p-1. The van der Waals surface area contributed by atoms with Crippen molar-refractivity contribution < 1.29 is 31.2 Å². The maximum Gasteiger partial charge on any atom is 0.213 e. The van der Waals surface area contributed by atoms with Crippen LogP contribution in [0.1, 0.15) is 5.56 Å². The highest BCUT2D eigenvalue weighted by Gasteiger charge is 2.26. The lowest BCUT2D eigenvalue weighted by molar-refractivity contribution is -0.686. The van der Waals surface area contributed by atoms with Gasteiger partial charge in [-0.25, -0.2) is 0 Å². The number of hydrogen-bond acceptors (Lipinski definition) is 3. The second kappa shape index (κ2) is 6.81. The highest BCUT2D eigenvalue weighted by Crippen LogP contribution is 2.38. The second-order valence-corrected chi connectivity index (χ2v) is 5.93. The number of pyridine rings is 1. The van der Waals surface area contributed by atoms with Crippen molar-refractivity contribution in [2.75, 3.05) is 21.3 Å². The van der Waals surface area contributed by atoms with Crippen LogP contribution in [-0.4, -0.2) is 21.3 Å². The van der Waals surface area contributed by atoms with Crippen LogP contribution in [0.2, 0.25) is 0 Å². The van der Waals surface area contributed by atoms with Gasteiger partial charge in [0, 0.05) is 23.3 Å². The Balaban J connectivity index is 0.00000182. The summed E-state index contributed by atoms with van der Waals surface area (Å²) in [5.74, 6) is 2.43. The monoisotopic (exact) mass is 357 g/mol. The molecule has 0 saturated heterocycles. The number of rotatable bonds is 3. The van der Waals surface area contributed by atoms with Crippen molar-refractivity contribution in [2.24, 2.45) is 0 Å². The van der Waals surface area contributed by atoms with E-state index in [1.807, 2.05) is 12.1 Å². The third-order valence-electron chi connectivity index (χ3n) is 4.71. The number of hydrogen-bond donors (Lipinski definition) is 0. The molecule has 0 bridgehead atoms. The van der Waals surface area contributed by atoms with E-state index in [-0.39, 0.29) is 12.4 Å². The second-order valence-electron chi connectivity index (χ2n) is 5.93. The largest absolute Gasteiger partial charge is 1.00 e. The normalized spacial score (nSPS) is 12.0. The van der Waals surface area contributed by atoms with E-state index < -0.39 is 0 Å². The molecular formula is C20H20ClNO3. The van der Waals surface area contributed by atoms with Gasteiger partial charge in [0.05, 0.1) is 26.9 Å². The predicted octanol–water partition coefficient (Wildman–Crippen LogP) is 0.380. The van der Waals surface area contributed by atoms with Crippen LogP contribution in [0.15, 0.2) is 42.6 Å². The summed E-state index contributed by atoms with van der Waals surface area (Å²) in [4.78, 5) is 0. The number of ether oxygens (including phenoxy) is 3. The average Bonchev–Trinajstić information content (AvgIpc) is 2.64. The molecule has 4 rings (SSSR count). The van der Waals surface area contributed by atoms with Gasteiger partial charge >= 0.3 is 0 Å². The van der Waals surface area contributed by atoms with Crippen molar-refractivity contribution in [1.82, 2.24) is 0 Å². The Labute approximate surface area is 153 Å². The molecule has 130 valence electrons. The fourth-order valence-electron chi connectivity index (χ4n) is 3.49. The molecule has 5 heteroatoms. The van der Waals surface area contributed by atoms with Gasteiger partial charge in [-0.2, -0.15) is 4.57 Å². The summed E-state index contributed by atoms with van der Waals surface area (Å²) in [6.07, 6.45) is 3.18. The molecule has 3 aromatic rings. The summed E-state index contributed by atoms with van der Waals surface area (Å²) in [7, 11) is 5.06. The van der Waals surface area contributed by atoms with Crippen molar-refractivity contribution in [3.63, 3.8) is 0 Å². The zero-order valence-corrected chi connectivity index (χ0v) is 15.3. The molecule has 0 saturated carbocycles. The first-order valence-electron chi connectivity index (χ1n) is 8.00. The van der Waals surface area contributed by atoms with Gasteiger partial charge in [-0.05, 0) is 29.8 Å². The van der Waals surface area contributed by atoms with E-state index in [2.05, 4.69) is 35.0 Å². The fourth-order valence-corrected chi connectivity index (χ4v) is 3.49. The summed E-state index contributed by atoms with van der Waals surface area (Å²) < 4.78 is 18.8. The number of fused-ring (bicyclic) bond motifs is 4. The third-order valence-corrected chi connectivity index (χ3v) is 4.71. The molecule has 2 aromatic carbocycles. The van der Waals surface area contributed by atoms with E-state index in [4.69, 9.17) is 14.2 Å². The van der Waals surface area contributed by atoms with E-state index >= 15 is 0 Å². The number of halogens is 1. The van der Waals surface area contributed by atoms with Gasteiger partial charge in [-0.15, -0.1) is 0 Å². The summed E-state index contributed by atoms with van der Waals surface area (Å²) in [6, 6.07) is 12.5. The highest BCUT2D eigenvalue weighted by atomic mass is 35.5. The smallest absolute Gasteiger partial charge is 0.213 e. The maximum atomic E-state index is 5.53. The number of benzene rings is 2. The van der Waals surface area contributed by atoms with E-state index in [9.17, 15) is 0 Å². The topological polar surface area (TPSA) is 31.6 Å². The van der Waals surface area contributed by atoms with Crippen LogP contribution in [0.25, 0.3) is 22.0 Å². The van der Waals surface area contributed by atoms with Crippen LogP contribution in [0.4, 0.5) is 0 Å². The Morgan fingerprint density at radius 2 is 1.60 bits per heavy atom. The molecule has 0 unspecified atom stereocenters. The lowest BCUT2D eigenvalue weighted by Crippen LogP contribution is -3.00. The number of aryl methyl sites for hydroxylation is 2. The third kappa shape index (κ3) is 2.76. The van der Waals surface area contributed by atoms with Crippen LogP contribution < -0.4 is 31.2 Å². The van der Waals surface area contributed by atoms with Gasteiger partial charge < -0.3 is 26.6 Å². The van der Waals surface area contributed by atoms with E-state index in [1.54, 1.807) is 21.3 Å². The van der Waals surface area contributed by atoms with Crippen molar-refractivity contribution >= 4 is 10.8 Å². The van der Waals surface area contributed by atoms with E-state index in [0.29, 0.717) is 0 Å². The molecule has 2 heterocycles. The molecule has 1 aliphatic rings. The molecule has 0 amide bonds. The predicted molar refractivity (Wildman–Crippen MR) is 92.9 cm³/mol. The Kier molecular flexibility index (Phi) is 4.73. The van der Waals surface area contributed by atoms with Crippen molar-refractivity contribution in [2.45, 2.75) is 13.0 Å². The molecule has 0 atom stereocenters. The Hall–Kier alpha value is -2.46. The zero-order chi connectivity index (χ0) is 16.7. The van der Waals surface area contributed by atoms with E-state index in [0.717, 1.165) is 35.6 Å². The Morgan fingerprint density at radius 3 is 2.32 bits per heavy atom. The maximum absolute atomic E-state index is 5.53. The average molecular weight is 358 g/mol. The number of methoxy groups -OCH3 is 3. The molecule has 0 aliphatic carbocycles. The molecule has 0 N–H and O–H groups in total. The lowest BCUT2D eigenvalue weighted by atomic mass is 9.95. The zero-order valence-electron chi connectivity index (χ0n) is 14.5. The molecule has 0 spiro atoms. The van der Waals surface area contributed by atoms with Gasteiger partial charge in [0.1, 0.15) is 5.75 Å². The van der Waals surface area contributed by atoms with Crippen molar-refractivity contribution in [3.05, 3.63) is 48.2 Å². The van der Waals surface area contributed by atoms with Crippen LogP contribution in [0.5, 0.6) is 17.2 Å². The van der Waals surface area contributed by atoms with Crippen LogP contribution in [-0.2, 0) is 13.0 Å². The molecule has 1 aliphatic heterocycles. The van der Waals surface area contributed by atoms with Crippen LogP contribution >= 0.6 is 0 Å². The van der Waals surface area contributed by atoms with Gasteiger partial charge in [0.2, 0.25) is 5.69 Å². The lowest BCUT2D eigenvalue weighted by Gasteiger charge is -2.18. The first-order chi connectivity index (χ1) is 11.7. The highest BCUT2D eigenvalue weighted by molar-refractivity contribution is 5.89. The van der Waals surface area contributed by atoms with Gasteiger partial charge in [0.25, 0.3) is 0 Å². The molecule has 0 radical (unpaired) electrons. The quantitative estimate of drug-likeness (QED) is 0.635. The van der Waals surface area contributed by atoms with Crippen LogP contribution in [0, 0.1) is 0 Å². The Morgan fingerprint density at radius 1 is 0.880 bits per heavy atom. The minimum absolute atomic E-state index is 0. The fraction of sp³-hybridized carbons (Fsp3) is 0.250. The van der Waals surface area contributed by atoms with E-state index in [1.165, 1.54) is 22.2 Å². The minimum atomic E-state index is 0. The first kappa shape index (κ1) is 17.4. The summed E-state index contributed by atoms with van der Waals surface area (Å²) in [5, 5.41) is 2.30. The van der Waals surface area contributed by atoms with Crippen molar-refractivity contribution in [1.29, 1.82) is 0 Å². The summed E-state index contributed by atoms with van der Waals surface area (Å²) in [6.45, 7) is 0.949. The van der Waals surface area contributed by atoms with Gasteiger partial charge in [-0.1, -0.05) is 6.07 Å². The minimum Gasteiger partial charge on any atom is -1.00 e. The number of aromatic nitrogens is 1. The van der Waals surface area contributed by atoms with Crippen LogP contribution in [0.3, 0.4) is 0 Å². The summed E-state index contributed by atoms with van der Waals surface area (Å²) in [5.41, 5.74) is 3.64. The van der Waals surface area contributed by atoms with Crippen molar-refractivity contribution in [3.8, 4) is 28.5 Å². The molecular weight excluding hydrogens is 338 g/mol.